The molecular formula is C25H25FN2O3S. The van der Waals surface area contributed by atoms with Crippen molar-refractivity contribution >= 4 is 15.8 Å². The SMILES string of the molecule is CC1CCC(c2cc#ccc2)S(=O)(=O)N1Cc1ccc(C2(C#N)CCC(=O)CC2)cc1F. The summed E-state index contributed by atoms with van der Waals surface area (Å²) in [5, 5.41) is 9.08. The maximum Gasteiger partial charge on any atom is 0.221 e. The molecule has 2 aromatic carbocycles. The van der Waals surface area contributed by atoms with E-state index in [9.17, 15) is 18.5 Å². The number of carbonyl (C=O) groups excluding carboxylic acids is 1. The summed E-state index contributed by atoms with van der Waals surface area (Å²) < 4.78 is 43.3. The second-order valence-corrected chi connectivity index (χ2v) is 10.9. The first-order chi connectivity index (χ1) is 15.3. The molecule has 2 unspecified atom stereocenters. The van der Waals surface area contributed by atoms with Gasteiger partial charge < -0.3 is 0 Å². The third-order valence-electron chi connectivity index (χ3n) is 6.88. The second-order valence-electron chi connectivity index (χ2n) is 8.81. The Kier molecular flexibility index (Phi) is 6.07. The van der Waals surface area contributed by atoms with Crippen molar-refractivity contribution in [2.75, 3.05) is 0 Å². The Balaban J connectivity index is 1.61. The average molecular weight is 453 g/mol. The fourth-order valence-electron chi connectivity index (χ4n) is 4.81. The minimum atomic E-state index is -3.69. The summed E-state index contributed by atoms with van der Waals surface area (Å²) in [7, 11) is -3.69. The molecule has 0 amide bonds. The minimum absolute atomic E-state index is 0.0627. The van der Waals surface area contributed by atoms with Crippen molar-refractivity contribution in [1.82, 2.24) is 4.31 Å². The molecule has 2 fully saturated rings. The Bertz CT molecular complexity index is 1150. The predicted molar refractivity (Wildman–Crippen MR) is 117 cm³/mol. The zero-order chi connectivity index (χ0) is 22.9. The Morgan fingerprint density at radius 1 is 1.22 bits per heavy atom. The number of nitriles is 1. The van der Waals surface area contributed by atoms with E-state index in [0.717, 1.165) is 0 Å². The highest BCUT2D eigenvalue weighted by molar-refractivity contribution is 7.89. The van der Waals surface area contributed by atoms with Gasteiger partial charge in [0.05, 0.1) is 11.5 Å². The predicted octanol–water partition coefficient (Wildman–Crippen LogP) is 4.39. The molecule has 0 bridgehead atoms. The van der Waals surface area contributed by atoms with Gasteiger partial charge in [-0.05, 0) is 68.0 Å². The second kappa shape index (κ2) is 8.65. The van der Waals surface area contributed by atoms with Crippen LogP contribution in [-0.4, -0.2) is 24.5 Å². The van der Waals surface area contributed by atoms with Crippen molar-refractivity contribution in [3.05, 3.63) is 71.0 Å². The first-order valence-corrected chi connectivity index (χ1v) is 12.4. The van der Waals surface area contributed by atoms with Gasteiger partial charge in [-0.2, -0.15) is 9.57 Å². The van der Waals surface area contributed by atoms with Crippen LogP contribution >= 0.6 is 0 Å². The van der Waals surface area contributed by atoms with E-state index in [0.29, 0.717) is 49.7 Å². The standard InChI is InChI=1S/C25H25FN2O3S/c1-18-7-10-24(19-5-3-2-4-6-19)32(30,31)28(18)16-20-8-9-21(15-23(20)26)25(17-27)13-11-22(29)12-14-25/h3,5-6,8-9,15,18,24H,7,10-14,16H2,1H3. The zero-order valence-corrected chi connectivity index (χ0v) is 18.8. The summed E-state index contributed by atoms with van der Waals surface area (Å²) in [4.78, 5) is 11.6. The summed E-state index contributed by atoms with van der Waals surface area (Å²) in [5.74, 6) is -0.401. The van der Waals surface area contributed by atoms with Crippen molar-refractivity contribution in [1.29, 1.82) is 5.26 Å². The number of sulfonamides is 1. The first-order valence-electron chi connectivity index (χ1n) is 10.9. The smallest absolute Gasteiger partial charge is 0.221 e. The molecule has 0 spiro atoms. The molecule has 0 N–H and O–H groups in total. The van der Waals surface area contributed by atoms with Crippen LogP contribution in [0.3, 0.4) is 0 Å². The van der Waals surface area contributed by atoms with E-state index >= 15 is 4.39 Å². The lowest BCUT2D eigenvalue weighted by Gasteiger charge is -2.37. The van der Waals surface area contributed by atoms with E-state index in [1.807, 2.05) is 6.92 Å². The lowest BCUT2D eigenvalue weighted by molar-refractivity contribution is -0.120. The maximum atomic E-state index is 15.1. The van der Waals surface area contributed by atoms with Crippen LogP contribution in [0.25, 0.3) is 0 Å². The monoisotopic (exact) mass is 452 g/mol. The molecule has 32 heavy (non-hydrogen) atoms. The van der Waals surface area contributed by atoms with E-state index in [1.165, 1.54) is 10.4 Å². The fourth-order valence-corrected chi connectivity index (χ4v) is 6.98. The average Bonchev–Trinajstić information content (AvgIpc) is 2.79. The summed E-state index contributed by atoms with van der Waals surface area (Å²) >= 11 is 0. The molecule has 1 aliphatic heterocycles. The van der Waals surface area contributed by atoms with Gasteiger partial charge in [-0.15, -0.1) is 0 Å². The van der Waals surface area contributed by atoms with E-state index in [-0.39, 0.29) is 23.9 Å². The molecule has 5 nitrogen and oxygen atoms in total. The van der Waals surface area contributed by atoms with Crippen molar-refractivity contribution in [3.63, 3.8) is 0 Å². The number of halogens is 1. The number of ketones is 1. The molecule has 1 heterocycles. The molecule has 0 radical (unpaired) electrons. The Morgan fingerprint density at radius 3 is 2.59 bits per heavy atom. The van der Waals surface area contributed by atoms with E-state index < -0.39 is 26.5 Å². The summed E-state index contributed by atoms with van der Waals surface area (Å²) in [6.45, 7) is 1.78. The maximum absolute atomic E-state index is 15.1. The third kappa shape index (κ3) is 4.03. The molecule has 2 atom stereocenters. The number of nitrogens with zero attached hydrogens (tertiary/aromatic N) is 2. The third-order valence-corrected chi connectivity index (χ3v) is 9.25. The van der Waals surface area contributed by atoms with Gasteiger partial charge in [-0.25, -0.2) is 12.8 Å². The number of Topliss-reactive ketones (excluding diaryl/α,β-unsaturated/α-hetero) is 1. The van der Waals surface area contributed by atoms with Crippen LogP contribution in [-0.2, 0) is 26.8 Å². The number of benzene rings is 1. The van der Waals surface area contributed by atoms with E-state index in [4.69, 9.17) is 0 Å². The van der Waals surface area contributed by atoms with E-state index in [1.54, 1.807) is 30.3 Å². The summed E-state index contributed by atoms with van der Waals surface area (Å²) in [6.07, 6.45) is 2.57. The first kappa shape index (κ1) is 22.5. The molecule has 1 saturated carbocycles. The molecule has 1 aliphatic carbocycles. The van der Waals surface area contributed by atoms with Crippen LogP contribution in [0.5, 0.6) is 0 Å². The van der Waals surface area contributed by atoms with Gasteiger partial charge in [0.1, 0.15) is 16.9 Å². The van der Waals surface area contributed by atoms with Gasteiger partial charge in [0, 0.05) is 31.0 Å². The molecule has 2 aliphatic rings. The summed E-state index contributed by atoms with van der Waals surface area (Å²) in [5.41, 5.74) is 0.623. The van der Waals surface area contributed by atoms with Gasteiger partial charge in [-0.3, -0.25) is 4.79 Å². The van der Waals surface area contributed by atoms with Gasteiger partial charge in [0.15, 0.2) is 0 Å². The van der Waals surface area contributed by atoms with Crippen LogP contribution in [0.4, 0.5) is 4.39 Å². The Labute approximate surface area is 188 Å². The molecule has 4 rings (SSSR count). The van der Waals surface area contributed by atoms with Crippen molar-refractivity contribution < 1.29 is 17.6 Å². The van der Waals surface area contributed by atoms with Crippen LogP contribution in [0.2, 0.25) is 0 Å². The Hall–Kier alpha value is -2.74. The molecular weight excluding hydrogens is 427 g/mol. The highest BCUT2D eigenvalue weighted by atomic mass is 32.2. The largest absolute Gasteiger partial charge is 0.300 e. The number of hydrogen-bond acceptors (Lipinski definition) is 4. The van der Waals surface area contributed by atoms with Crippen molar-refractivity contribution in [2.45, 2.75) is 68.7 Å². The lowest BCUT2D eigenvalue weighted by Crippen LogP contribution is -2.44. The molecule has 1 saturated heterocycles. The number of carbonyl (C=O) groups is 1. The normalized spacial score (nSPS) is 25.0. The summed E-state index contributed by atoms with van der Waals surface area (Å²) in [6, 6.07) is 17.3. The van der Waals surface area contributed by atoms with Gasteiger partial charge in [0.25, 0.3) is 0 Å². The lowest BCUT2D eigenvalue weighted by atomic mass is 9.70. The molecule has 166 valence electrons. The Morgan fingerprint density at radius 2 is 1.97 bits per heavy atom. The molecule has 0 aromatic heterocycles. The van der Waals surface area contributed by atoms with Crippen LogP contribution in [0, 0.1) is 29.3 Å². The van der Waals surface area contributed by atoms with Crippen LogP contribution < -0.4 is 0 Å². The topological polar surface area (TPSA) is 78.2 Å². The van der Waals surface area contributed by atoms with Gasteiger partial charge >= 0.3 is 0 Å². The quantitative estimate of drug-likeness (QED) is 0.689. The number of rotatable bonds is 4. The van der Waals surface area contributed by atoms with Gasteiger partial charge in [0.2, 0.25) is 10.0 Å². The zero-order valence-electron chi connectivity index (χ0n) is 18.0. The molecule has 2 aromatic rings. The van der Waals surface area contributed by atoms with Gasteiger partial charge in [-0.1, -0.05) is 24.3 Å². The minimum Gasteiger partial charge on any atom is -0.300 e. The highest BCUT2D eigenvalue weighted by Crippen LogP contribution is 2.40. The van der Waals surface area contributed by atoms with Crippen LogP contribution in [0.15, 0.2) is 36.4 Å². The molecule has 7 heteroatoms. The number of hydrogen-bond donors (Lipinski definition) is 0. The van der Waals surface area contributed by atoms with E-state index in [2.05, 4.69) is 18.2 Å². The van der Waals surface area contributed by atoms with Crippen LogP contribution in [0.1, 0.15) is 67.4 Å². The fraction of sp³-hybridized carbons (Fsp3) is 0.440. The van der Waals surface area contributed by atoms with Crippen molar-refractivity contribution in [2.24, 2.45) is 0 Å². The van der Waals surface area contributed by atoms with Crippen molar-refractivity contribution in [3.8, 4) is 6.07 Å². The highest BCUT2D eigenvalue weighted by Gasteiger charge is 2.41.